The summed E-state index contributed by atoms with van der Waals surface area (Å²) in [6, 6.07) is 0. The topological polar surface area (TPSA) is 46.1 Å². The number of nitrogens with zero attached hydrogens (tertiary/aromatic N) is 3. The number of aromatic nitrogens is 2. The molecule has 22 heavy (non-hydrogen) atoms. The van der Waals surface area contributed by atoms with Crippen LogP contribution in [0.5, 0.6) is 0 Å². The molecule has 1 amide bonds. The molecule has 1 atom stereocenters. The van der Waals surface area contributed by atoms with Crippen molar-refractivity contribution in [3.63, 3.8) is 0 Å². The Morgan fingerprint density at radius 3 is 2.77 bits per heavy atom. The molecule has 1 saturated heterocycles. The van der Waals surface area contributed by atoms with Gasteiger partial charge in [0.15, 0.2) is 0 Å². The van der Waals surface area contributed by atoms with Crippen LogP contribution in [-0.2, 0) is 11.3 Å². The van der Waals surface area contributed by atoms with Gasteiger partial charge in [-0.25, -0.2) is 0 Å². The van der Waals surface area contributed by atoms with Crippen LogP contribution in [0.25, 0.3) is 0 Å². The number of carbonyl (C=O) groups is 1. The second-order valence-electron chi connectivity index (χ2n) is 7.03. The highest BCUT2D eigenvalue weighted by molar-refractivity contribution is 5.77. The lowest BCUT2D eigenvalue weighted by atomic mass is 9.77. The second kappa shape index (κ2) is 7.03. The molecule has 1 aromatic heterocycles. The molecule has 0 saturated carbocycles. The van der Waals surface area contributed by atoms with Gasteiger partial charge in [-0.2, -0.15) is 0 Å². The first-order valence-electron chi connectivity index (χ1n) is 8.07. The zero-order chi connectivity index (χ0) is 16.2. The molecule has 0 radical (unpaired) electrons. The third-order valence-electron chi connectivity index (χ3n) is 4.36. The van der Waals surface area contributed by atoms with Gasteiger partial charge in [0.05, 0.1) is 24.1 Å². The Morgan fingerprint density at radius 2 is 2.14 bits per heavy atom. The predicted octanol–water partition coefficient (Wildman–Crippen LogP) is 3.66. The number of rotatable bonds is 5. The Labute approximate surface area is 133 Å². The van der Waals surface area contributed by atoms with Gasteiger partial charge in [0.25, 0.3) is 0 Å². The lowest BCUT2D eigenvalue weighted by Crippen LogP contribution is -2.44. The lowest BCUT2D eigenvalue weighted by Gasteiger charge is -2.40. The lowest BCUT2D eigenvalue weighted by molar-refractivity contribution is -0.138. The van der Waals surface area contributed by atoms with E-state index in [1.165, 1.54) is 5.57 Å². The smallest absolute Gasteiger partial charge is 0.222 e. The highest BCUT2D eigenvalue weighted by Crippen LogP contribution is 2.35. The second-order valence-corrected chi connectivity index (χ2v) is 7.03. The molecule has 0 spiro atoms. The minimum atomic E-state index is 0.206. The number of amides is 1. The van der Waals surface area contributed by atoms with Crippen LogP contribution in [0.1, 0.15) is 57.8 Å². The van der Waals surface area contributed by atoms with Crippen molar-refractivity contribution in [2.45, 2.75) is 59.9 Å². The van der Waals surface area contributed by atoms with E-state index in [2.05, 4.69) is 36.8 Å². The van der Waals surface area contributed by atoms with E-state index in [4.69, 9.17) is 0 Å². The Balaban J connectivity index is 1.99. The van der Waals surface area contributed by atoms with Gasteiger partial charge in [-0.1, -0.05) is 18.6 Å². The summed E-state index contributed by atoms with van der Waals surface area (Å²) in [5.74, 6) is 0.238. The molecule has 4 nitrogen and oxygen atoms in total. The number of aryl methyl sites for hydroxylation is 1. The van der Waals surface area contributed by atoms with Crippen LogP contribution in [0.2, 0.25) is 0 Å². The maximum Gasteiger partial charge on any atom is 0.222 e. The maximum atomic E-state index is 12.2. The van der Waals surface area contributed by atoms with Gasteiger partial charge < -0.3 is 4.90 Å². The van der Waals surface area contributed by atoms with Crippen LogP contribution < -0.4 is 0 Å². The van der Waals surface area contributed by atoms with Gasteiger partial charge in [-0.15, -0.1) is 0 Å². The van der Waals surface area contributed by atoms with Crippen molar-refractivity contribution in [1.29, 1.82) is 0 Å². The molecule has 1 aliphatic heterocycles. The van der Waals surface area contributed by atoms with E-state index in [0.717, 1.165) is 37.2 Å². The summed E-state index contributed by atoms with van der Waals surface area (Å²) >= 11 is 0. The van der Waals surface area contributed by atoms with Gasteiger partial charge in [-0.05, 0) is 45.4 Å². The Morgan fingerprint density at radius 1 is 1.36 bits per heavy atom. The number of likely N-dealkylation sites (tertiary alicyclic amines) is 1. The predicted molar refractivity (Wildman–Crippen MR) is 88.2 cm³/mol. The molecular formula is C18H27N3O. The zero-order valence-corrected chi connectivity index (χ0v) is 14.2. The molecule has 1 aliphatic rings. The third kappa shape index (κ3) is 4.65. The van der Waals surface area contributed by atoms with E-state index >= 15 is 0 Å². The Bertz CT molecular complexity index is 546. The summed E-state index contributed by atoms with van der Waals surface area (Å²) in [4.78, 5) is 22.8. The minimum Gasteiger partial charge on any atom is -0.336 e. The van der Waals surface area contributed by atoms with Crippen LogP contribution in [0.15, 0.2) is 24.0 Å². The molecule has 0 aromatic carbocycles. The molecule has 1 fully saturated rings. The maximum absolute atomic E-state index is 12.2. The molecule has 0 aliphatic carbocycles. The van der Waals surface area contributed by atoms with Crippen LogP contribution in [0, 0.1) is 12.3 Å². The van der Waals surface area contributed by atoms with Crippen molar-refractivity contribution < 1.29 is 4.79 Å². The third-order valence-corrected chi connectivity index (χ3v) is 4.36. The molecule has 1 aromatic rings. The van der Waals surface area contributed by atoms with Crippen LogP contribution in [-0.4, -0.2) is 27.3 Å². The summed E-state index contributed by atoms with van der Waals surface area (Å²) in [6.07, 6.45) is 9.67. The molecule has 2 heterocycles. The number of piperidine rings is 1. The number of hydrogen-bond acceptors (Lipinski definition) is 3. The van der Waals surface area contributed by atoms with Gasteiger partial charge >= 0.3 is 0 Å². The fourth-order valence-corrected chi connectivity index (χ4v) is 2.95. The van der Waals surface area contributed by atoms with Crippen molar-refractivity contribution in [3.8, 4) is 0 Å². The molecule has 1 unspecified atom stereocenters. The van der Waals surface area contributed by atoms with E-state index in [1.807, 2.05) is 11.8 Å². The Hall–Kier alpha value is -1.71. The summed E-state index contributed by atoms with van der Waals surface area (Å²) in [7, 11) is 0. The molecule has 0 N–H and O–H groups in total. The van der Waals surface area contributed by atoms with E-state index in [9.17, 15) is 4.79 Å². The van der Waals surface area contributed by atoms with Crippen molar-refractivity contribution >= 4 is 5.91 Å². The molecule has 2 rings (SSSR count). The number of allylic oxidation sites excluding steroid dienone is 2. The van der Waals surface area contributed by atoms with Crippen molar-refractivity contribution in [2.75, 3.05) is 6.54 Å². The van der Waals surface area contributed by atoms with Crippen LogP contribution in [0.3, 0.4) is 0 Å². The minimum absolute atomic E-state index is 0.206. The summed E-state index contributed by atoms with van der Waals surface area (Å²) < 4.78 is 0. The number of hydrogen-bond donors (Lipinski definition) is 0. The molecule has 4 heteroatoms. The summed E-state index contributed by atoms with van der Waals surface area (Å²) in [5, 5.41) is 0. The average Bonchev–Trinajstić information content (AvgIpc) is 2.45. The normalized spacial score (nSPS) is 21.8. The van der Waals surface area contributed by atoms with Crippen molar-refractivity contribution in [1.82, 2.24) is 14.9 Å². The van der Waals surface area contributed by atoms with Crippen LogP contribution >= 0.6 is 0 Å². The fourth-order valence-electron chi connectivity index (χ4n) is 2.95. The SMILES string of the molecule is CC(C)=CCCC1(C)CCC(=O)N(Cc2cnc(C)cn2)C1. The molecule has 120 valence electrons. The molecule has 0 bridgehead atoms. The first-order valence-corrected chi connectivity index (χ1v) is 8.07. The first-order chi connectivity index (χ1) is 10.4. The van der Waals surface area contributed by atoms with E-state index in [1.54, 1.807) is 12.4 Å². The van der Waals surface area contributed by atoms with Crippen molar-refractivity contribution in [3.05, 3.63) is 35.4 Å². The Kier molecular flexibility index (Phi) is 5.33. The van der Waals surface area contributed by atoms with E-state index in [-0.39, 0.29) is 11.3 Å². The first kappa shape index (κ1) is 16.7. The van der Waals surface area contributed by atoms with Gasteiger partial charge in [0.1, 0.15) is 0 Å². The van der Waals surface area contributed by atoms with Crippen LogP contribution in [0.4, 0.5) is 0 Å². The average molecular weight is 301 g/mol. The highest BCUT2D eigenvalue weighted by atomic mass is 16.2. The summed E-state index contributed by atoms with van der Waals surface area (Å²) in [6.45, 7) is 9.88. The van der Waals surface area contributed by atoms with Gasteiger partial charge in [0, 0.05) is 19.2 Å². The van der Waals surface area contributed by atoms with Crippen molar-refractivity contribution in [2.24, 2.45) is 5.41 Å². The fraction of sp³-hybridized carbons (Fsp3) is 0.611. The highest BCUT2D eigenvalue weighted by Gasteiger charge is 2.34. The van der Waals surface area contributed by atoms with E-state index in [0.29, 0.717) is 13.0 Å². The van der Waals surface area contributed by atoms with Gasteiger partial charge in [0.2, 0.25) is 5.91 Å². The zero-order valence-electron chi connectivity index (χ0n) is 14.2. The largest absolute Gasteiger partial charge is 0.336 e. The van der Waals surface area contributed by atoms with Gasteiger partial charge in [-0.3, -0.25) is 14.8 Å². The monoisotopic (exact) mass is 301 g/mol. The quantitative estimate of drug-likeness (QED) is 0.780. The summed E-state index contributed by atoms with van der Waals surface area (Å²) in [5.41, 5.74) is 3.34. The number of carbonyl (C=O) groups excluding carboxylic acids is 1. The van der Waals surface area contributed by atoms with E-state index < -0.39 is 0 Å². The standard InChI is InChI=1S/C18H27N3O/c1-14(2)6-5-8-18(4)9-7-17(22)21(13-18)12-16-11-19-15(3)10-20-16/h6,10-11H,5,7-9,12-13H2,1-4H3. The molecular weight excluding hydrogens is 274 g/mol.